The number of hydrogen-bond donors (Lipinski definition) is 3. The van der Waals surface area contributed by atoms with Crippen molar-refractivity contribution in [2.45, 2.75) is 20.0 Å². The highest BCUT2D eigenvalue weighted by atomic mass is 16.5. The predicted octanol–water partition coefficient (Wildman–Crippen LogP) is 1.12. The average molecular weight is 227 g/mol. The van der Waals surface area contributed by atoms with Crippen molar-refractivity contribution in [1.82, 2.24) is 0 Å². The minimum Gasteiger partial charge on any atom is -0.492 e. The first kappa shape index (κ1) is 14.2. The van der Waals surface area contributed by atoms with E-state index >= 15 is 0 Å². The number of rotatable bonds is 3. The number of aliphatic carboxylic acids is 1. The van der Waals surface area contributed by atoms with E-state index in [-0.39, 0.29) is 0 Å². The zero-order valence-electron chi connectivity index (χ0n) is 9.38. The topological polar surface area (TPSA) is 92.8 Å². The van der Waals surface area contributed by atoms with Crippen LogP contribution in [0, 0.1) is 0 Å². The third kappa shape index (κ3) is 5.87. The molecular weight excluding hydrogens is 210 g/mol. The normalized spacial score (nSPS) is 10.9. The number of benzene rings is 1. The number of para-hydroxylation sites is 2. The van der Waals surface area contributed by atoms with Gasteiger partial charge in [0.25, 0.3) is 0 Å². The molecule has 5 nitrogen and oxygen atoms in total. The minimum atomic E-state index is -1.23. The van der Waals surface area contributed by atoms with Crippen molar-refractivity contribution in [1.29, 1.82) is 0 Å². The molecule has 4 N–H and O–H groups in total. The van der Waals surface area contributed by atoms with Gasteiger partial charge in [0.2, 0.25) is 0 Å². The van der Waals surface area contributed by atoms with E-state index < -0.39 is 12.1 Å². The van der Waals surface area contributed by atoms with Gasteiger partial charge in [-0.3, -0.25) is 0 Å². The Bertz CT molecular complexity index is 326. The number of nitrogen functional groups attached to an aromatic ring is 1. The molecule has 1 rings (SSSR count). The number of carboxylic acid groups (broad SMARTS) is 1. The monoisotopic (exact) mass is 227 g/mol. The summed E-state index contributed by atoms with van der Waals surface area (Å²) >= 11 is 0. The summed E-state index contributed by atoms with van der Waals surface area (Å²) in [5.41, 5.74) is 6.28. The summed E-state index contributed by atoms with van der Waals surface area (Å²) in [5.74, 6) is -0.417. The van der Waals surface area contributed by atoms with Crippen LogP contribution in [0.3, 0.4) is 0 Å². The maximum atomic E-state index is 9.45. The van der Waals surface area contributed by atoms with Crippen LogP contribution in [-0.4, -0.2) is 28.9 Å². The fraction of sp³-hybridized carbons (Fsp3) is 0.364. The van der Waals surface area contributed by atoms with E-state index in [1.165, 1.54) is 6.92 Å². The Morgan fingerprint density at radius 2 is 2.00 bits per heavy atom. The summed E-state index contributed by atoms with van der Waals surface area (Å²) in [6, 6.07) is 7.48. The molecule has 5 heteroatoms. The molecule has 1 aromatic rings. The van der Waals surface area contributed by atoms with E-state index in [1.54, 1.807) is 0 Å². The van der Waals surface area contributed by atoms with Crippen LogP contribution < -0.4 is 10.5 Å². The molecule has 0 heterocycles. The lowest BCUT2D eigenvalue weighted by Crippen LogP contribution is -2.13. The molecule has 16 heavy (non-hydrogen) atoms. The molecule has 0 aliphatic rings. The Kier molecular flexibility index (Phi) is 6.71. The molecule has 1 unspecified atom stereocenters. The fourth-order valence-corrected chi connectivity index (χ4v) is 0.767. The van der Waals surface area contributed by atoms with Gasteiger partial charge in [0.15, 0.2) is 0 Å². The molecule has 0 aliphatic carbocycles. The molecule has 0 aromatic heterocycles. The fourth-order valence-electron chi connectivity index (χ4n) is 0.767. The summed E-state index contributed by atoms with van der Waals surface area (Å²) in [4.78, 5) is 9.45. The lowest BCUT2D eigenvalue weighted by atomic mass is 10.3. The zero-order chi connectivity index (χ0) is 12.6. The van der Waals surface area contributed by atoms with Crippen molar-refractivity contribution < 1.29 is 19.7 Å². The molecule has 0 radical (unpaired) electrons. The Balaban J connectivity index is 0.000000325. The van der Waals surface area contributed by atoms with Crippen molar-refractivity contribution in [3.05, 3.63) is 24.3 Å². The van der Waals surface area contributed by atoms with Gasteiger partial charge in [-0.2, -0.15) is 0 Å². The first-order valence-electron chi connectivity index (χ1n) is 4.87. The van der Waals surface area contributed by atoms with Crippen molar-refractivity contribution in [3.63, 3.8) is 0 Å². The van der Waals surface area contributed by atoms with Gasteiger partial charge >= 0.3 is 5.97 Å². The first-order chi connectivity index (χ1) is 7.49. The van der Waals surface area contributed by atoms with Gasteiger partial charge in [-0.15, -0.1) is 0 Å². The quantitative estimate of drug-likeness (QED) is 0.673. The van der Waals surface area contributed by atoms with Gasteiger partial charge in [-0.1, -0.05) is 12.1 Å². The van der Waals surface area contributed by atoms with Gasteiger partial charge in [0, 0.05) is 0 Å². The van der Waals surface area contributed by atoms with E-state index in [2.05, 4.69) is 0 Å². The number of ether oxygens (including phenoxy) is 1. The van der Waals surface area contributed by atoms with Crippen LogP contribution in [0.15, 0.2) is 24.3 Å². The van der Waals surface area contributed by atoms with Crippen LogP contribution >= 0.6 is 0 Å². The number of aliphatic hydroxyl groups is 1. The summed E-state index contributed by atoms with van der Waals surface area (Å²) < 4.78 is 5.21. The molecule has 0 saturated carbocycles. The standard InChI is InChI=1S/C8H11NO.C3H6O3/c1-2-10-8-6-4-3-5-7(8)9;1-2(4)3(5)6/h3-6H,2,9H2,1H3;2,4H,1H3,(H,5,6). The van der Waals surface area contributed by atoms with E-state index in [0.29, 0.717) is 12.3 Å². The summed E-state index contributed by atoms with van der Waals surface area (Å²) in [6.45, 7) is 3.79. The number of hydrogen-bond acceptors (Lipinski definition) is 4. The molecule has 0 amide bonds. The number of carboxylic acids is 1. The Hall–Kier alpha value is -1.75. The Morgan fingerprint density at radius 1 is 1.50 bits per heavy atom. The van der Waals surface area contributed by atoms with Crippen LogP contribution in [0.25, 0.3) is 0 Å². The molecule has 0 spiro atoms. The van der Waals surface area contributed by atoms with Crippen LogP contribution in [0.2, 0.25) is 0 Å². The highest BCUT2D eigenvalue weighted by Gasteiger charge is 2.01. The van der Waals surface area contributed by atoms with Crippen LogP contribution in [0.5, 0.6) is 5.75 Å². The van der Waals surface area contributed by atoms with E-state index in [4.69, 9.17) is 20.7 Å². The van der Waals surface area contributed by atoms with Crippen molar-refractivity contribution in [2.24, 2.45) is 0 Å². The second-order valence-electron chi connectivity index (χ2n) is 2.99. The second kappa shape index (κ2) is 7.53. The Morgan fingerprint density at radius 3 is 2.38 bits per heavy atom. The SMILES string of the molecule is CC(O)C(=O)O.CCOc1ccccc1N. The molecule has 1 aromatic carbocycles. The number of anilines is 1. The maximum absolute atomic E-state index is 9.45. The van der Waals surface area contributed by atoms with Crippen molar-refractivity contribution >= 4 is 11.7 Å². The van der Waals surface area contributed by atoms with Gasteiger partial charge in [0.1, 0.15) is 11.9 Å². The minimum absolute atomic E-state index is 0.661. The third-order valence-corrected chi connectivity index (χ3v) is 1.58. The average Bonchev–Trinajstić information content (AvgIpc) is 2.22. The smallest absolute Gasteiger partial charge is 0.332 e. The first-order valence-corrected chi connectivity index (χ1v) is 4.87. The summed E-state index contributed by atoms with van der Waals surface area (Å²) in [7, 11) is 0. The number of aliphatic hydroxyl groups excluding tert-OH is 1. The summed E-state index contributed by atoms with van der Waals surface area (Å²) in [6.07, 6.45) is -1.23. The van der Waals surface area contributed by atoms with E-state index in [0.717, 1.165) is 5.75 Å². The van der Waals surface area contributed by atoms with Crippen molar-refractivity contribution in [2.75, 3.05) is 12.3 Å². The summed E-state index contributed by atoms with van der Waals surface area (Å²) in [5, 5.41) is 15.8. The Labute approximate surface area is 94.5 Å². The lowest BCUT2D eigenvalue weighted by molar-refractivity contribution is -0.145. The highest BCUT2D eigenvalue weighted by Crippen LogP contribution is 2.18. The molecule has 0 fully saturated rings. The maximum Gasteiger partial charge on any atom is 0.332 e. The highest BCUT2D eigenvalue weighted by molar-refractivity contribution is 5.71. The second-order valence-corrected chi connectivity index (χ2v) is 2.99. The number of carbonyl (C=O) groups is 1. The van der Waals surface area contributed by atoms with Crippen molar-refractivity contribution in [3.8, 4) is 5.75 Å². The number of nitrogens with two attached hydrogens (primary N) is 1. The van der Waals surface area contributed by atoms with Gasteiger partial charge < -0.3 is 20.7 Å². The molecule has 90 valence electrons. The lowest BCUT2D eigenvalue weighted by Gasteiger charge is -2.04. The molecule has 0 bridgehead atoms. The van der Waals surface area contributed by atoms with Crippen LogP contribution in [-0.2, 0) is 4.79 Å². The molecular formula is C11H17NO4. The van der Waals surface area contributed by atoms with E-state index in [9.17, 15) is 4.79 Å². The molecule has 1 atom stereocenters. The van der Waals surface area contributed by atoms with Gasteiger partial charge in [0.05, 0.1) is 12.3 Å². The zero-order valence-corrected chi connectivity index (χ0v) is 9.38. The molecule has 0 saturated heterocycles. The van der Waals surface area contributed by atoms with Crippen LogP contribution in [0.4, 0.5) is 5.69 Å². The molecule has 0 aliphatic heterocycles. The largest absolute Gasteiger partial charge is 0.492 e. The third-order valence-electron chi connectivity index (χ3n) is 1.58. The predicted molar refractivity (Wildman–Crippen MR) is 61.3 cm³/mol. The van der Waals surface area contributed by atoms with E-state index in [1.807, 2.05) is 31.2 Å². The van der Waals surface area contributed by atoms with Crippen LogP contribution in [0.1, 0.15) is 13.8 Å². The van der Waals surface area contributed by atoms with Gasteiger partial charge in [-0.25, -0.2) is 4.79 Å². The van der Waals surface area contributed by atoms with Gasteiger partial charge in [-0.05, 0) is 26.0 Å².